The highest BCUT2D eigenvalue weighted by atomic mass is 16.5. The normalized spacial score (nSPS) is 10.1. The Balaban J connectivity index is -0.000000135. The molecular weight excluding hydrogens is 164 g/mol. The van der Waals surface area contributed by atoms with Crippen molar-refractivity contribution >= 4 is 5.78 Å². The smallest absolute Gasteiger partial charge is 0.132 e. The fraction of sp³-hybridized carbons (Fsp3) is 0.909. The fourth-order valence-electron chi connectivity index (χ4n) is 0.946. The first kappa shape index (κ1) is 22.9. The number of ketones is 1. The van der Waals surface area contributed by atoms with E-state index in [1.165, 1.54) is 0 Å². The van der Waals surface area contributed by atoms with Gasteiger partial charge in [0.1, 0.15) is 5.78 Å². The molecule has 0 amide bonds. The van der Waals surface area contributed by atoms with E-state index in [1.807, 2.05) is 0 Å². The minimum absolute atomic E-state index is 0. The first-order valence-electron chi connectivity index (χ1n) is 3.73. The van der Waals surface area contributed by atoms with E-state index in [2.05, 4.69) is 6.92 Å². The van der Waals surface area contributed by atoms with E-state index in [-0.39, 0.29) is 34.2 Å². The summed E-state index contributed by atoms with van der Waals surface area (Å²) in [7, 11) is 1.66. The van der Waals surface area contributed by atoms with E-state index >= 15 is 0 Å². The molecule has 0 aliphatic carbocycles. The molecule has 0 radical (unpaired) electrons. The van der Waals surface area contributed by atoms with Gasteiger partial charge in [-0.2, -0.15) is 0 Å². The predicted molar refractivity (Wildman–Crippen MR) is 61.2 cm³/mol. The molecule has 0 rings (SSSR count). The number of Topliss-reactive ketones (excluding diaryl/α,β-unsaturated/α-hetero) is 1. The Kier molecular flexibility index (Phi) is 25.0. The van der Waals surface area contributed by atoms with Crippen LogP contribution in [0.5, 0.6) is 0 Å². The maximum absolute atomic E-state index is 10.6. The van der Waals surface area contributed by atoms with Crippen molar-refractivity contribution in [1.82, 2.24) is 0 Å². The highest BCUT2D eigenvalue weighted by Gasteiger charge is 2.07. The molecule has 1 atom stereocenters. The molecule has 13 heavy (non-hydrogen) atoms. The number of rotatable bonds is 5. The zero-order chi connectivity index (χ0) is 7.98. The summed E-state index contributed by atoms with van der Waals surface area (Å²) in [5.74, 6) is 0.209. The van der Waals surface area contributed by atoms with E-state index in [4.69, 9.17) is 4.74 Å². The van der Waals surface area contributed by atoms with Crippen LogP contribution in [0.25, 0.3) is 0 Å². The SMILES string of the molecule is C.C.C.CCCC(CC(C)=O)OC. The molecule has 0 fully saturated rings. The summed E-state index contributed by atoms with van der Waals surface area (Å²) >= 11 is 0. The van der Waals surface area contributed by atoms with Gasteiger partial charge in [0.15, 0.2) is 0 Å². The van der Waals surface area contributed by atoms with Crippen LogP contribution in [0, 0.1) is 0 Å². The van der Waals surface area contributed by atoms with Gasteiger partial charge in [-0.15, -0.1) is 0 Å². The lowest BCUT2D eigenvalue weighted by molar-refractivity contribution is -0.119. The standard InChI is InChI=1S/C8H16O2.3CH4/c1-4-5-8(10-3)6-7(2)9;;;/h8H,4-6H2,1-3H3;3*1H4. The molecule has 0 N–H and O–H groups in total. The van der Waals surface area contributed by atoms with Crippen molar-refractivity contribution in [3.05, 3.63) is 0 Å². The van der Waals surface area contributed by atoms with Crippen LogP contribution >= 0.6 is 0 Å². The van der Waals surface area contributed by atoms with Crippen molar-refractivity contribution in [3.8, 4) is 0 Å². The molecule has 84 valence electrons. The Morgan fingerprint density at radius 3 is 2.00 bits per heavy atom. The van der Waals surface area contributed by atoms with E-state index in [0.717, 1.165) is 12.8 Å². The molecule has 0 aromatic carbocycles. The first-order chi connectivity index (χ1) is 4.70. The highest BCUT2D eigenvalue weighted by Crippen LogP contribution is 2.05. The molecule has 0 saturated heterocycles. The molecule has 2 nitrogen and oxygen atoms in total. The van der Waals surface area contributed by atoms with Crippen LogP contribution in [0.1, 0.15) is 55.4 Å². The summed E-state index contributed by atoms with van der Waals surface area (Å²) in [6, 6.07) is 0. The minimum Gasteiger partial charge on any atom is -0.381 e. The lowest BCUT2D eigenvalue weighted by Gasteiger charge is -2.11. The summed E-state index contributed by atoms with van der Waals surface area (Å²) < 4.78 is 5.08. The third-order valence-corrected chi connectivity index (χ3v) is 1.46. The van der Waals surface area contributed by atoms with Gasteiger partial charge in [-0.05, 0) is 13.3 Å². The van der Waals surface area contributed by atoms with Gasteiger partial charge >= 0.3 is 0 Å². The number of carbonyl (C=O) groups is 1. The van der Waals surface area contributed by atoms with Gasteiger partial charge in [0, 0.05) is 13.5 Å². The Labute approximate surface area is 84.7 Å². The zero-order valence-electron chi connectivity index (χ0n) is 7.02. The molecule has 0 bridgehead atoms. The van der Waals surface area contributed by atoms with Gasteiger partial charge in [0.05, 0.1) is 6.10 Å². The minimum atomic E-state index is 0. The number of hydrogen-bond donors (Lipinski definition) is 0. The predicted octanol–water partition coefficient (Wildman–Crippen LogP) is 3.69. The molecule has 0 saturated carbocycles. The summed E-state index contributed by atoms with van der Waals surface area (Å²) in [6.07, 6.45) is 2.76. The lowest BCUT2D eigenvalue weighted by atomic mass is 10.1. The van der Waals surface area contributed by atoms with E-state index < -0.39 is 0 Å². The van der Waals surface area contributed by atoms with Gasteiger partial charge in [0.25, 0.3) is 0 Å². The van der Waals surface area contributed by atoms with Crippen molar-refractivity contribution < 1.29 is 9.53 Å². The molecule has 0 aromatic rings. The van der Waals surface area contributed by atoms with Gasteiger partial charge < -0.3 is 4.74 Å². The van der Waals surface area contributed by atoms with Crippen LogP contribution in [-0.2, 0) is 9.53 Å². The Hall–Kier alpha value is -0.370. The Morgan fingerprint density at radius 1 is 1.31 bits per heavy atom. The third kappa shape index (κ3) is 14.5. The quantitative estimate of drug-likeness (QED) is 0.664. The molecule has 0 aliphatic heterocycles. The van der Waals surface area contributed by atoms with Gasteiger partial charge in [0.2, 0.25) is 0 Å². The number of ether oxygens (including phenoxy) is 1. The van der Waals surface area contributed by atoms with Crippen LogP contribution in [0.15, 0.2) is 0 Å². The van der Waals surface area contributed by atoms with Crippen molar-refractivity contribution in [2.75, 3.05) is 7.11 Å². The fourth-order valence-corrected chi connectivity index (χ4v) is 0.946. The average Bonchev–Trinajstić information content (AvgIpc) is 1.86. The number of hydrogen-bond acceptors (Lipinski definition) is 2. The molecule has 0 heterocycles. The van der Waals surface area contributed by atoms with E-state index in [9.17, 15) is 4.79 Å². The second-order valence-electron chi connectivity index (χ2n) is 2.55. The molecule has 2 heteroatoms. The number of carbonyl (C=O) groups excluding carboxylic acids is 1. The Morgan fingerprint density at radius 2 is 1.77 bits per heavy atom. The molecule has 0 aromatic heterocycles. The molecule has 0 aliphatic rings. The second kappa shape index (κ2) is 14.2. The second-order valence-corrected chi connectivity index (χ2v) is 2.55. The van der Waals surface area contributed by atoms with Crippen molar-refractivity contribution in [1.29, 1.82) is 0 Å². The monoisotopic (exact) mass is 192 g/mol. The summed E-state index contributed by atoms with van der Waals surface area (Å²) in [4.78, 5) is 10.6. The summed E-state index contributed by atoms with van der Waals surface area (Å²) in [6.45, 7) is 3.69. The van der Waals surface area contributed by atoms with Crippen LogP contribution < -0.4 is 0 Å². The number of methoxy groups -OCH3 is 1. The molecule has 0 spiro atoms. The van der Waals surface area contributed by atoms with Gasteiger partial charge in [-0.3, -0.25) is 4.79 Å². The van der Waals surface area contributed by atoms with Crippen molar-refractivity contribution in [2.45, 2.75) is 61.5 Å². The Bertz CT molecular complexity index is 100. The molecule has 1 unspecified atom stereocenters. The van der Waals surface area contributed by atoms with Crippen molar-refractivity contribution in [3.63, 3.8) is 0 Å². The van der Waals surface area contributed by atoms with Crippen LogP contribution in [-0.4, -0.2) is 19.0 Å². The van der Waals surface area contributed by atoms with Crippen LogP contribution in [0.3, 0.4) is 0 Å². The third-order valence-electron chi connectivity index (χ3n) is 1.46. The largest absolute Gasteiger partial charge is 0.381 e. The van der Waals surface area contributed by atoms with E-state index in [1.54, 1.807) is 14.0 Å². The van der Waals surface area contributed by atoms with E-state index in [0.29, 0.717) is 6.42 Å². The maximum Gasteiger partial charge on any atom is 0.132 e. The van der Waals surface area contributed by atoms with Gasteiger partial charge in [-0.25, -0.2) is 0 Å². The zero-order valence-corrected chi connectivity index (χ0v) is 7.02. The van der Waals surface area contributed by atoms with Crippen molar-refractivity contribution in [2.24, 2.45) is 0 Å². The highest BCUT2D eigenvalue weighted by molar-refractivity contribution is 5.75. The lowest BCUT2D eigenvalue weighted by Crippen LogP contribution is -2.13. The average molecular weight is 192 g/mol. The van der Waals surface area contributed by atoms with Crippen LogP contribution in [0.4, 0.5) is 0 Å². The van der Waals surface area contributed by atoms with Gasteiger partial charge in [-0.1, -0.05) is 35.6 Å². The summed E-state index contributed by atoms with van der Waals surface area (Å²) in [5.41, 5.74) is 0. The van der Waals surface area contributed by atoms with Crippen LogP contribution in [0.2, 0.25) is 0 Å². The maximum atomic E-state index is 10.6. The summed E-state index contributed by atoms with van der Waals surface area (Å²) in [5, 5.41) is 0. The molecular formula is C11H28O2. The topological polar surface area (TPSA) is 26.3 Å². The first-order valence-corrected chi connectivity index (χ1v) is 3.73.